The van der Waals surface area contributed by atoms with Crippen molar-refractivity contribution < 1.29 is 19.1 Å². The number of benzene rings is 1. The number of hydroxylamine groups is 1. The highest BCUT2D eigenvalue weighted by molar-refractivity contribution is 5.88. The van der Waals surface area contributed by atoms with E-state index in [4.69, 9.17) is 19.4 Å². The number of rotatable bonds is 5. The molecule has 0 unspecified atom stereocenters. The lowest BCUT2D eigenvalue weighted by molar-refractivity contribution is 0.0919. The van der Waals surface area contributed by atoms with Gasteiger partial charge < -0.3 is 19.7 Å². The maximum Gasteiger partial charge on any atom is 0.343 e. The number of nitrogens with zero attached hydrogens (tertiary/aromatic N) is 3. The molecule has 1 saturated heterocycles. The van der Waals surface area contributed by atoms with Gasteiger partial charge in [-0.3, -0.25) is 4.84 Å². The molecule has 9 heteroatoms. The second kappa shape index (κ2) is 8.55. The first kappa shape index (κ1) is 21.0. The lowest BCUT2D eigenvalue weighted by Crippen LogP contribution is -2.46. The molecule has 2 aliphatic heterocycles. The lowest BCUT2D eigenvalue weighted by Gasteiger charge is -2.38. The Kier molecular flexibility index (Phi) is 5.60. The molecule has 1 aromatic heterocycles. The number of fused-ring (bicyclic) bond motifs is 1. The number of morpholine rings is 1. The Morgan fingerprint density at radius 1 is 1.25 bits per heavy atom. The minimum Gasteiger partial charge on any atom is -0.471 e. The van der Waals surface area contributed by atoms with Crippen LogP contribution in [-0.2, 0) is 16.0 Å². The van der Waals surface area contributed by atoms with E-state index in [0.717, 1.165) is 61.5 Å². The van der Waals surface area contributed by atoms with Gasteiger partial charge in [0, 0.05) is 17.8 Å². The number of carbonyl (C=O) groups excluding carboxylic acids is 1. The zero-order valence-corrected chi connectivity index (χ0v) is 18.5. The predicted molar refractivity (Wildman–Crippen MR) is 120 cm³/mol. The first-order valence-electron chi connectivity index (χ1n) is 11.3. The van der Waals surface area contributed by atoms with Crippen LogP contribution in [0.15, 0.2) is 24.3 Å². The summed E-state index contributed by atoms with van der Waals surface area (Å²) in [5.74, 6) is 2.32. The van der Waals surface area contributed by atoms with Gasteiger partial charge in [0.1, 0.15) is 11.4 Å². The first-order valence-corrected chi connectivity index (χ1v) is 11.3. The Labute approximate surface area is 187 Å². The maximum absolute atomic E-state index is 11.7. The smallest absolute Gasteiger partial charge is 0.343 e. The van der Waals surface area contributed by atoms with Crippen LogP contribution in [0.4, 0.5) is 16.3 Å². The van der Waals surface area contributed by atoms with Crippen molar-refractivity contribution in [2.24, 2.45) is 0 Å². The van der Waals surface area contributed by atoms with E-state index in [1.165, 1.54) is 7.11 Å². The fraction of sp³-hybridized carbons (Fsp3) is 0.522. The molecule has 2 fully saturated rings. The summed E-state index contributed by atoms with van der Waals surface area (Å²) in [5.41, 5.74) is 4.84. The van der Waals surface area contributed by atoms with Gasteiger partial charge in [0.05, 0.1) is 31.9 Å². The molecule has 2 N–H and O–H groups in total. The second-order valence-corrected chi connectivity index (χ2v) is 8.61. The molecule has 170 valence electrons. The van der Waals surface area contributed by atoms with Gasteiger partial charge >= 0.3 is 6.03 Å². The number of ether oxygens (including phenoxy) is 2. The largest absolute Gasteiger partial charge is 0.471 e. The highest BCUT2D eigenvalue weighted by Crippen LogP contribution is 2.49. The molecule has 2 aromatic rings. The van der Waals surface area contributed by atoms with Crippen molar-refractivity contribution in [1.29, 1.82) is 0 Å². The van der Waals surface area contributed by atoms with E-state index in [1.54, 1.807) is 0 Å². The monoisotopic (exact) mass is 439 g/mol. The van der Waals surface area contributed by atoms with Crippen molar-refractivity contribution in [1.82, 2.24) is 15.4 Å². The van der Waals surface area contributed by atoms with Gasteiger partial charge in [0.25, 0.3) is 0 Å². The van der Waals surface area contributed by atoms with E-state index in [1.807, 2.05) is 24.3 Å². The maximum atomic E-state index is 11.7. The number of hydrogen-bond acceptors (Lipinski definition) is 7. The second-order valence-electron chi connectivity index (χ2n) is 8.61. The quantitative estimate of drug-likeness (QED) is 0.690. The summed E-state index contributed by atoms with van der Waals surface area (Å²) in [5, 5.41) is 2.70. The number of anilines is 2. The van der Waals surface area contributed by atoms with Crippen LogP contribution in [0, 0.1) is 0 Å². The number of carbonyl (C=O) groups is 1. The molecule has 0 radical (unpaired) electrons. The molecule has 2 amide bonds. The first-order chi connectivity index (χ1) is 15.6. The number of urea groups is 1. The molecular weight excluding hydrogens is 410 g/mol. The topological polar surface area (TPSA) is 97.8 Å². The standard InChI is InChI=1S/C23H29N5O4/c1-3-17-14-31-13-12-28(17)20-18-8-9-23(10-11-23)32-21(18)26-19(25-20)15-4-6-16(7-5-15)24-22(29)27-30-2/h4-7,17H,3,8-14H2,1-2H3,(H2,24,27,29)/t17-/m0/s1. The third kappa shape index (κ3) is 4.10. The van der Waals surface area contributed by atoms with E-state index in [0.29, 0.717) is 30.8 Å². The van der Waals surface area contributed by atoms with Crippen molar-refractivity contribution in [2.75, 3.05) is 37.1 Å². The zero-order valence-electron chi connectivity index (χ0n) is 18.5. The van der Waals surface area contributed by atoms with Crippen LogP contribution in [0.1, 0.15) is 38.2 Å². The molecule has 3 heterocycles. The van der Waals surface area contributed by atoms with Crippen molar-refractivity contribution in [3.63, 3.8) is 0 Å². The zero-order chi connectivity index (χ0) is 22.1. The molecule has 1 atom stereocenters. The van der Waals surface area contributed by atoms with Gasteiger partial charge in [-0.05, 0) is 56.4 Å². The Morgan fingerprint density at radius 3 is 2.78 bits per heavy atom. The number of amides is 2. The molecule has 1 aliphatic carbocycles. The third-order valence-corrected chi connectivity index (χ3v) is 6.47. The molecule has 1 spiro atoms. The summed E-state index contributed by atoms with van der Waals surface area (Å²) in [6, 6.07) is 7.30. The fourth-order valence-electron chi connectivity index (χ4n) is 4.45. The van der Waals surface area contributed by atoms with Crippen molar-refractivity contribution in [3.8, 4) is 17.3 Å². The number of nitrogens with one attached hydrogen (secondary N) is 2. The molecule has 3 aliphatic rings. The predicted octanol–water partition coefficient (Wildman–Crippen LogP) is 3.30. The molecule has 32 heavy (non-hydrogen) atoms. The van der Waals surface area contributed by atoms with E-state index >= 15 is 0 Å². The van der Waals surface area contributed by atoms with Crippen LogP contribution in [0.5, 0.6) is 5.88 Å². The third-order valence-electron chi connectivity index (χ3n) is 6.47. The summed E-state index contributed by atoms with van der Waals surface area (Å²) < 4.78 is 12.1. The molecule has 1 saturated carbocycles. The Morgan fingerprint density at radius 2 is 2.06 bits per heavy atom. The average Bonchev–Trinajstić information content (AvgIpc) is 3.57. The normalized spacial score (nSPS) is 20.9. The van der Waals surface area contributed by atoms with Crippen LogP contribution in [0.2, 0.25) is 0 Å². The SMILES string of the molecule is CC[C@H]1COCCN1c1nc(-c2ccc(NC(=O)NOC)cc2)nc2c1CCC1(CC1)O2. The Hall–Kier alpha value is -2.91. The minimum absolute atomic E-state index is 0.0203. The average molecular weight is 440 g/mol. The van der Waals surface area contributed by atoms with E-state index in [-0.39, 0.29) is 5.60 Å². The summed E-state index contributed by atoms with van der Waals surface area (Å²) in [7, 11) is 1.39. The van der Waals surface area contributed by atoms with Gasteiger partial charge in [-0.2, -0.15) is 4.98 Å². The molecule has 5 rings (SSSR count). The van der Waals surface area contributed by atoms with Crippen molar-refractivity contribution in [2.45, 2.75) is 50.7 Å². The Balaban J connectivity index is 1.49. The summed E-state index contributed by atoms with van der Waals surface area (Å²) >= 11 is 0. The van der Waals surface area contributed by atoms with E-state index in [2.05, 4.69) is 27.5 Å². The van der Waals surface area contributed by atoms with Gasteiger partial charge in [-0.1, -0.05) is 6.92 Å². The van der Waals surface area contributed by atoms with Crippen molar-refractivity contribution in [3.05, 3.63) is 29.8 Å². The van der Waals surface area contributed by atoms with Crippen LogP contribution >= 0.6 is 0 Å². The minimum atomic E-state index is -0.436. The van der Waals surface area contributed by atoms with Crippen LogP contribution < -0.4 is 20.4 Å². The summed E-state index contributed by atoms with van der Waals surface area (Å²) in [6.07, 6.45) is 5.15. The van der Waals surface area contributed by atoms with E-state index in [9.17, 15) is 4.79 Å². The van der Waals surface area contributed by atoms with Gasteiger partial charge in [0.2, 0.25) is 5.88 Å². The molecule has 0 bridgehead atoms. The summed E-state index contributed by atoms with van der Waals surface area (Å²) in [4.78, 5) is 28.5. The number of hydrogen-bond donors (Lipinski definition) is 2. The summed E-state index contributed by atoms with van der Waals surface area (Å²) in [6.45, 7) is 4.39. The molecule has 1 aromatic carbocycles. The fourth-order valence-corrected chi connectivity index (χ4v) is 4.45. The number of aromatic nitrogens is 2. The van der Waals surface area contributed by atoms with E-state index < -0.39 is 6.03 Å². The van der Waals surface area contributed by atoms with Gasteiger partial charge in [0.15, 0.2) is 5.82 Å². The van der Waals surface area contributed by atoms with Gasteiger partial charge in [-0.15, -0.1) is 0 Å². The van der Waals surface area contributed by atoms with Crippen LogP contribution in [0.3, 0.4) is 0 Å². The molecule has 9 nitrogen and oxygen atoms in total. The van der Waals surface area contributed by atoms with Gasteiger partial charge in [-0.25, -0.2) is 15.3 Å². The Bertz CT molecular complexity index is 993. The van der Waals surface area contributed by atoms with Crippen molar-refractivity contribution >= 4 is 17.5 Å². The van der Waals surface area contributed by atoms with Crippen LogP contribution in [-0.4, -0.2) is 54.5 Å². The highest BCUT2D eigenvalue weighted by Gasteiger charge is 2.49. The highest BCUT2D eigenvalue weighted by atomic mass is 16.6. The lowest BCUT2D eigenvalue weighted by atomic mass is 10.0. The molecular formula is C23H29N5O4. The van der Waals surface area contributed by atoms with Crippen LogP contribution in [0.25, 0.3) is 11.4 Å².